The molecule has 1 aliphatic rings. The minimum atomic E-state index is 0.137. The maximum Gasteiger partial charge on any atom is 0.234 e. The van der Waals surface area contributed by atoms with Gasteiger partial charge in [0, 0.05) is 12.1 Å². The van der Waals surface area contributed by atoms with Crippen LogP contribution in [-0.2, 0) is 4.79 Å². The fraction of sp³-hybridized carbons (Fsp3) is 0.909. The third-order valence-electron chi connectivity index (χ3n) is 2.88. The summed E-state index contributed by atoms with van der Waals surface area (Å²) in [6, 6.07) is 0.790. The second-order valence-electron chi connectivity index (χ2n) is 4.62. The summed E-state index contributed by atoms with van der Waals surface area (Å²) in [6.07, 6.45) is 3.65. The fourth-order valence-corrected chi connectivity index (χ4v) is 1.91. The quantitative estimate of drug-likeness (QED) is 0.714. The molecule has 1 fully saturated rings. The van der Waals surface area contributed by atoms with Gasteiger partial charge in [-0.05, 0) is 18.8 Å². The molecule has 3 heteroatoms. The van der Waals surface area contributed by atoms with Crippen LogP contribution in [0.1, 0.15) is 40.0 Å². The summed E-state index contributed by atoms with van der Waals surface area (Å²) in [7, 11) is 0. The normalized spacial score (nSPS) is 26.9. The number of hydrogen-bond acceptors (Lipinski definition) is 2. The minimum absolute atomic E-state index is 0.137. The maximum atomic E-state index is 11.5. The molecule has 1 saturated carbocycles. The molecule has 3 nitrogen and oxygen atoms in total. The highest BCUT2D eigenvalue weighted by Gasteiger charge is 2.24. The molecule has 0 aliphatic heterocycles. The van der Waals surface area contributed by atoms with Gasteiger partial charge < -0.3 is 10.6 Å². The van der Waals surface area contributed by atoms with Crippen LogP contribution < -0.4 is 10.6 Å². The van der Waals surface area contributed by atoms with Crippen molar-refractivity contribution in [2.24, 2.45) is 5.92 Å². The van der Waals surface area contributed by atoms with E-state index in [1.54, 1.807) is 0 Å². The van der Waals surface area contributed by atoms with Crippen molar-refractivity contribution < 1.29 is 4.79 Å². The molecule has 82 valence electrons. The molecule has 0 heterocycles. The summed E-state index contributed by atoms with van der Waals surface area (Å²) in [6.45, 7) is 6.76. The topological polar surface area (TPSA) is 41.1 Å². The van der Waals surface area contributed by atoms with Crippen LogP contribution in [0, 0.1) is 5.92 Å². The van der Waals surface area contributed by atoms with Crippen LogP contribution in [0.4, 0.5) is 0 Å². The van der Waals surface area contributed by atoms with Gasteiger partial charge in [0.25, 0.3) is 0 Å². The molecule has 0 spiro atoms. The van der Waals surface area contributed by atoms with E-state index in [1.807, 2.05) is 13.8 Å². The number of carbonyl (C=O) groups is 1. The first-order chi connectivity index (χ1) is 6.59. The smallest absolute Gasteiger partial charge is 0.234 e. The van der Waals surface area contributed by atoms with Crippen LogP contribution in [0.25, 0.3) is 0 Å². The van der Waals surface area contributed by atoms with Gasteiger partial charge in [-0.1, -0.05) is 27.2 Å². The Morgan fingerprint density at radius 2 is 2.14 bits per heavy atom. The fourth-order valence-electron chi connectivity index (χ4n) is 1.91. The van der Waals surface area contributed by atoms with Crippen LogP contribution >= 0.6 is 0 Å². The first kappa shape index (κ1) is 11.5. The van der Waals surface area contributed by atoms with Gasteiger partial charge in [0.2, 0.25) is 5.91 Å². The summed E-state index contributed by atoms with van der Waals surface area (Å²) in [4.78, 5) is 11.5. The molecule has 1 rings (SSSR count). The van der Waals surface area contributed by atoms with Crippen LogP contribution in [0.15, 0.2) is 0 Å². The Bertz CT molecular complexity index is 192. The maximum absolute atomic E-state index is 11.5. The van der Waals surface area contributed by atoms with Gasteiger partial charge in [0.15, 0.2) is 0 Å². The zero-order valence-corrected chi connectivity index (χ0v) is 9.47. The molecule has 0 saturated heterocycles. The highest BCUT2D eigenvalue weighted by Crippen LogP contribution is 2.24. The molecule has 0 aromatic rings. The van der Waals surface area contributed by atoms with Crippen molar-refractivity contribution >= 4 is 5.91 Å². The van der Waals surface area contributed by atoms with E-state index in [-0.39, 0.29) is 5.91 Å². The van der Waals surface area contributed by atoms with E-state index in [9.17, 15) is 4.79 Å². The van der Waals surface area contributed by atoms with E-state index < -0.39 is 0 Å². The number of hydrogen-bond donors (Lipinski definition) is 2. The zero-order valence-electron chi connectivity index (χ0n) is 9.47. The van der Waals surface area contributed by atoms with Gasteiger partial charge in [0.05, 0.1) is 6.54 Å². The predicted octanol–water partition coefficient (Wildman–Crippen LogP) is 1.29. The highest BCUT2D eigenvalue weighted by molar-refractivity contribution is 5.78. The molecule has 0 aromatic carbocycles. The van der Waals surface area contributed by atoms with Gasteiger partial charge in [-0.2, -0.15) is 0 Å². The lowest BCUT2D eigenvalue weighted by Crippen LogP contribution is -2.42. The molecular formula is C11H22N2O. The van der Waals surface area contributed by atoms with E-state index >= 15 is 0 Å². The van der Waals surface area contributed by atoms with Gasteiger partial charge in [0.1, 0.15) is 0 Å². The Hall–Kier alpha value is -0.570. The zero-order chi connectivity index (χ0) is 10.6. The average Bonchev–Trinajstić information content (AvgIpc) is 2.49. The predicted molar refractivity (Wildman–Crippen MR) is 58.1 cm³/mol. The van der Waals surface area contributed by atoms with E-state index in [0.717, 1.165) is 6.42 Å². The second-order valence-corrected chi connectivity index (χ2v) is 4.62. The van der Waals surface area contributed by atoms with Crippen molar-refractivity contribution in [3.8, 4) is 0 Å². The first-order valence-corrected chi connectivity index (χ1v) is 5.62. The Morgan fingerprint density at radius 3 is 2.64 bits per heavy atom. The Balaban J connectivity index is 2.19. The van der Waals surface area contributed by atoms with Gasteiger partial charge >= 0.3 is 0 Å². The Kier molecular flexibility index (Phi) is 4.39. The number of amides is 1. The van der Waals surface area contributed by atoms with Gasteiger partial charge in [-0.3, -0.25) is 4.79 Å². The van der Waals surface area contributed by atoms with Crippen LogP contribution in [0.3, 0.4) is 0 Å². The molecule has 14 heavy (non-hydrogen) atoms. The number of carbonyl (C=O) groups excluding carboxylic acids is 1. The Labute approximate surface area is 86.6 Å². The summed E-state index contributed by atoms with van der Waals surface area (Å²) in [5.41, 5.74) is 0. The summed E-state index contributed by atoms with van der Waals surface area (Å²) < 4.78 is 0. The molecule has 2 unspecified atom stereocenters. The van der Waals surface area contributed by atoms with E-state index in [0.29, 0.717) is 24.5 Å². The van der Waals surface area contributed by atoms with E-state index in [1.165, 1.54) is 12.8 Å². The summed E-state index contributed by atoms with van der Waals surface area (Å²) >= 11 is 0. The standard InChI is InChI=1S/C11H22N2O/c1-8(2)12-7-11(14)13-10-6-4-5-9(10)3/h8-10,12H,4-7H2,1-3H3,(H,13,14). The third kappa shape index (κ3) is 3.66. The highest BCUT2D eigenvalue weighted by atomic mass is 16.2. The van der Waals surface area contributed by atoms with Crippen molar-refractivity contribution in [2.75, 3.05) is 6.54 Å². The molecule has 2 N–H and O–H groups in total. The van der Waals surface area contributed by atoms with E-state index in [4.69, 9.17) is 0 Å². The molecule has 0 radical (unpaired) electrons. The first-order valence-electron chi connectivity index (χ1n) is 5.62. The van der Waals surface area contributed by atoms with Crippen molar-refractivity contribution in [3.63, 3.8) is 0 Å². The van der Waals surface area contributed by atoms with Crippen LogP contribution in [0.2, 0.25) is 0 Å². The Morgan fingerprint density at radius 1 is 1.43 bits per heavy atom. The summed E-state index contributed by atoms with van der Waals surface area (Å²) in [5, 5.41) is 6.20. The molecule has 0 bridgehead atoms. The van der Waals surface area contributed by atoms with Crippen molar-refractivity contribution in [3.05, 3.63) is 0 Å². The lowest BCUT2D eigenvalue weighted by molar-refractivity contribution is -0.121. The lowest BCUT2D eigenvalue weighted by atomic mass is 10.1. The SMILES string of the molecule is CC(C)NCC(=O)NC1CCCC1C. The van der Waals surface area contributed by atoms with Crippen LogP contribution in [-0.4, -0.2) is 24.5 Å². The van der Waals surface area contributed by atoms with Gasteiger partial charge in [-0.25, -0.2) is 0 Å². The number of rotatable bonds is 4. The largest absolute Gasteiger partial charge is 0.352 e. The van der Waals surface area contributed by atoms with Gasteiger partial charge in [-0.15, -0.1) is 0 Å². The molecule has 1 aliphatic carbocycles. The van der Waals surface area contributed by atoms with Crippen molar-refractivity contribution in [1.82, 2.24) is 10.6 Å². The minimum Gasteiger partial charge on any atom is -0.352 e. The van der Waals surface area contributed by atoms with Crippen molar-refractivity contribution in [2.45, 2.75) is 52.1 Å². The molecule has 1 amide bonds. The molecule has 2 atom stereocenters. The summed E-state index contributed by atoms with van der Waals surface area (Å²) in [5.74, 6) is 0.787. The third-order valence-corrected chi connectivity index (χ3v) is 2.88. The average molecular weight is 198 g/mol. The van der Waals surface area contributed by atoms with E-state index in [2.05, 4.69) is 17.6 Å². The monoisotopic (exact) mass is 198 g/mol. The van der Waals surface area contributed by atoms with Crippen LogP contribution in [0.5, 0.6) is 0 Å². The molecule has 0 aromatic heterocycles. The number of nitrogens with one attached hydrogen (secondary N) is 2. The molecular weight excluding hydrogens is 176 g/mol. The second kappa shape index (κ2) is 5.35. The lowest BCUT2D eigenvalue weighted by Gasteiger charge is -2.17. The van der Waals surface area contributed by atoms with Crippen molar-refractivity contribution in [1.29, 1.82) is 0 Å².